The van der Waals surface area contributed by atoms with Gasteiger partial charge in [0.25, 0.3) is 0 Å². The lowest BCUT2D eigenvalue weighted by atomic mass is 9.99. The summed E-state index contributed by atoms with van der Waals surface area (Å²) in [5.41, 5.74) is 0.0453. The van der Waals surface area contributed by atoms with Crippen LogP contribution < -0.4 is 5.32 Å². The first kappa shape index (κ1) is 11.3. The molecule has 78 valence electrons. The van der Waals surface area contributed by atoms with Gasteiger partial charge in [0.1, 0.15) is 0 Å². The van der Waals surface area contributed by atoms with Gasteiger partial charge in [-0.3, -0.25) is 0 Å². The maximum Gasteiger partial charge on any atom is 0.0613 e. The van der Waals surface area contributed by atoms with Crippen molar-refractivity contribution in [3.63, 3.8) is 0 Å². The van der Waals surface area contributed by atoms with Crippen LogP contribution in [0.4, 0.5) is 0 Å². The van der Waals surface area contributed by atoms with Crippen LogP contribution in [0.2, 0.25) is 0 Å². The molecule has 1 aliphatic rings. The van der Waals surface area contributed by atoms with Crippen molar-refractivity contribution < 1.29 is 5.11 Å². The monoisotopic (exact) mass is 203 g/mol. The second kappa shape index (κ2) is 5.23. The Balaban J connectivity index is 2.42. The summed E-state index contributed by atoms with van der Waals surface area (Å²) in [5, 5.41) is 13.6. The minimum absolute atomic E-state index is 0.0453. The molecule has 2 nitrogen and oxygen atoms in total. The number of aliphatic hydroxyl groups is 1. The average molecular weight is 203 g/mol. The Morgan fingerprint density at radius 1 is 1.62 bits per heavy atom. The Bertz CT molecular complexity index is 154. The smallest absolute Gasteiger partial charge is 0.0613 e. The van der Waals surface area contributed by atoms with Crippen molar-refractivity contribution in [2.24, 2.45) is 0 Å². The second-order valence-corrected chi connectivity index (χ2v) is 5.10. The Morgan fingerprint density at radius 2 is 2.38 bits per heavy atom. The predicted molar refractivity (Wildman–Crippen MR) is 59.3 cm³/mol. The zero-order valence-electron chi connectivity index (χ0n) is 8.68. The zero-order valence-corrected chi connectivity index (χ0v) is 9.49. The van der Waals surface area contributed by atoms with E-state index in [2.05, 4.69) is 18.5 Å². The molecule has 0 bridgehead atoms. The predicted octanol–water partition coefficient (Wildman–Crippen LogP) is 1.63. The van der Waals surface area contributed by atoms with E-state index in [0.717, 1.165) is 31.1 Å². The lowest BCUT2D eigenvalue weighted by Crippen LogP contribution is -2.46. The Kier molecular flexibility index (Phi) is 4.56. The SMILES string of the molecule is CCCNC1(CO)CCC(SC)C1. The van der Waals surface area contributed by atoms with E-state index >= 15 is 0 Å². The first-order valence-corrected chi connectivity index (χ1v) is 6.44. The van der Waals surface area contributed by atoms with Crippen LogP contribution in [0.1, 0.15) is 32.6 Å². The summed E-state index contributed by atoms with van der Waals surface area (Å²) >= 11 is 1.93. The lowest BCUT2D eigenvalue weighted by Gasteiger charge is -2.28. The second-order valence-electron chi connectivity index (χ2n) is 3.97. The van der Waals surface area contributed by atoms with E-state index in [0.29, 0.717) is 6.61 Å². The average Bonchev–Trinajstić information content (AvgIpc) is 2.59. The summed E-state index contributed by atoms with van der Waals surface area (Å²) in [7, 11) is 0. The van der Waals surface area contributed by atoms with E-state index in [1.807, 2.05) is 11.8 Å². The summed E-state index contributed by atoms with van der Waals surface area (Å²) in [4.78, 5) is 0. The van der Waals surface area contributed by atoms with Gasteiger partial charge in [-0.2, -0.15) is 11.8 Å². The summed E-state index contributed by atoms with van der Waals surface area (Å²) < 4.78 is 0. The molecule has 1 aliphatic carbocycles. The van der Waals surface area contributed by atoms with Crippen LogP contribution in [0.25, 0.3) is 0 Å². The van der Waals surface area contributed by atoms with Crippen LogP contribution in [0.3, 0.4) is 0 Å². The maximum atomic E-state index is 9.38. The fraction of sp³-hybridized carbons (Fsp3) is 1.00. The van der Waals surface area contributed by atoms with E-state index in [-0.39, 0.29) is 5.54 Å². The molecule has 1 fully saturated rings. The van der Waals surface area contributed by atoms with Gasteiger partial charge < -0.3 is 10.4 Å². The van der Waals surface area contributed by atoms with E-state index in [4.69, 9.17) is 0 Å². The fourth-order valence-corrected chi connectivity index (χ4v) is 2.87. The number of aliphatic hydroxyl groups excluding tert-OH is 1. The molecule has 0 spiro atoms. The molecule has 3 heteroatoms. The van der Waals surface area contributed by atoms with Crippen molar-refractivity contribution in [3.8, 4) is 0 Å². The van der Waals surface area contributed by atoms with Crippen LogP contribution in [-0.4, -0.2) is 35.3 Å². The van der Waals surface area contributed by atoms with E-state index in [9.17, 15) is 5.11 Å². The van der Waals surface area contributed by atoms with Crippen LogP contribution in [-0.2, 0) is 0 Å². The van der Waals surface area contributed by atoms with Crippen LogP contribution in [0, 0.1) is 0 Å². The van der Waals surface area contributed by atoms with Gasteiger partial charge in [-0.15, -0.1) is 0 Å². The fourth-order valence-electron chi connectivity index (χ4n) is 2.03. The number of thioether (sulfide) groups is 1. The first-order valence-electron chi connectivity index (χ1n) is 5.15. The Morgan fingerprint density at radius 3 is 2.85 bits per heavy atom. The molecule has 2 atom stereocenters. The third-order valence-corrected chi connectivity index (χ3v) is 4.02. The van der Waals surface area contributed by atoms with Gasteiger partial charge >= 0.3 is 0 Å². The molecule has 13 heavy (non-hydrogen) atoms. The highest BCUT2D eigenvalue weighted by atomic mass is 32.2. The van der Waals surface area contributed by atoms with E-state index in [1.54, 1.807) is 0 Å². The molecule has 2 N–H and O–H groups in total. The van der Waals surface area contributed by atoms with Crippen molar-refractivity contribution >= 4 is 11.8 Å². The molecule has 1 rings (SSSR count). The molecule has 1 saturated carbocycles. The highest BCUT2D eigenvalue weighted by molar-refractivity contribution is 7.99. The molecule has 0 radical (unpaired) electrons. The molecular formula is C10H21NOS. The van der Waals surface area contributed by atoms with Crippen molar-refractivity contribution in [3.05, 3.63) is 0 Å². The normalized spacial score (nSPS) is 33.9. The maximum absolute atomic E-state index is 9.38. The molecule has 2 unspecified atom stereocenters. The lowest BCUT2D eigenvalue weighted by molar-refractivity contribution is 0.165. The molecule has 0 amide bonds. The van der Waals surface area contributed by atoms with Gasteiger partial charge in [0, 0.05) is 10.8 Å². The van der Waals surface area contributed by atoms with Crippen LogP contribution in [0.15, 0.2) is 0 Å². The standard InChI is InChI=1S/C10H21NOS/c1-3-6-11-10(8-12)5-4-9(7-10)13-2/h9,11-12H,3-8H2,1-2H3. The van der Waals surface area contributed by atoms with Crippen molar-refractivity contribution in [2.75, 3.05) is 19.4 Å². The van der Waals surface area contributed by atoms with Crippen molar-refractivity contribution in [1.29, 1.82) is 0 Å². The van der Waals surface area contributed by atoms with Gasteiger partial charge in [-0.05, 0) is 38.5 Å². The highest BCUT2D eigenvalue weighted by Crippen LogP contribution is 2.35. The number of hydrogen-bond acceptors (Lipinski definition) is 3. The third kappa shape index (κ3) is 2.86. The van der Waals surface area contributed by atoms with Gasteiger partial charge in [0.15, 0.2) is 0 Å². The topological polar surface area (TPSA) is 32.3 Å². The summed E-state index contributed by atoms with van der Waals surface area (Å²) in [6.45, 7) is 3.49. The van der Waals surface area contributed by atoms with Crippen LogP contribution >= 0.6 is 11.8 Å². The number of nitrogens with one attached hydrogen (secondary N) is 1. The Labute approximate surface area is 85.5 Å². The van der Waals surface area contributed by atoms with Gasteiger partial charge in [0.05, 0.1) is 6.61 Å². The van der Waals surface area contributed by atoms with E-state index in [1.165, 1.54) is 6.42 Å². The molecule has 0 saturated heterocycles. The molecule has 0 aromatic heterocycles. The Hall–Kier alpha value is 0.270. The zero-order chi connectivity index (χ0) is 9.73. The molecule has 0 aliphatic heterocycles. The minimum atomic E-state index is 0.0453. The first-order chi connectivity index (χ1) is 6.26. The van der Waals surface area contributed by atoms with Gasteiger partial charge in [0.2, 0.25) is 0 Å². The summed E-state index contributed by atoms with van der Waals surface area (Å²) in [6.07, 6.45) is 6.82. The summed E-state index contributed by atoms with van der Waals surface area (Å²) in [6, 6.07) is 0. The van der Waals surface area contributed by atoms with Crippen LogP contribution in [0.5, 0.6) is 0 Å². The molecule has 0 heterocycles. The van der Waals surface area contributed by atoms with Gasteiger partial charge in [-0.1, -0.05) is 6.92 Å². The third-order valence-electron chi connectivity index (χ3n) is 2.95. The minimum Gasteiger partial charge on any atom is -0.394 e. The van der Waals surface area contributed by atoms with Gasteiger partial charge in [-0.25, -0.2) is 0 Å². The number of hydrogen-bond donors (Lipinski definition) is 2. The molecular weight excluding hydrogens is 182 g/mol. The highest BCUT2D eigenvalue weighted by Gasteiger charge is 2.37. The summed E-state index contributed by atoms with van der Waals surface area (Å²) in [5.74, 6) is 0. The molecule has 0 aromatic carbocycles. The quantitative estimate of drug-likeness (QED) is 0.712. The number of rotatable bonds is 5. The largest absolute Gasteiger partial charge is 0.394 e. The molecule has 0 aromatic rings. The van der Waals surface area contributed by atoms with Crippen molar-refractivity contribution in [1.82, 2.24) is 5.32 Å². The van der Waals surface area contributed by atoms with E-state index < -0.39 is 0 Å². The van der Waals surface area contributed by atoms with Crippen molar-refractivity contribution in [2.45, 2.75) is 43.4 Å².